The van der Waals surface area contributed by atoms with E-state index in [9.17, 15) is 14.4 Å². The van der Waals surface area contributed by atoms with Crippen LogP contribution in [0, 0.1) is 0 Å². The summed E-state index contributed by atoms with van der Waals surface area (Å²) in [6.07, 6.45) is 1.25. The Kier molecular flexibility index (Phi) is 20.7. The summed E-state index contributed by atoms with van der Waals surface area (Å²) < 4.78 is 4.62. The van der Waals surface area contributed by atoms with Crippen LogP contribution in [0.3, 0.4) is 0 Å². The molecule has 3 atom stereocenters. The van der Waals surface area contributed by atoms with Crippen molar-refractivity contribution in [3.8, 4) is 0 Å². The Morgan fingerprint density at radius 2 is 1.29 bits per heavy atom. The van der Waals surface area contributed by atoms with Crippen LogP contribution in [0.25, 0.3) is 0 Å². The molecule has 8 heteroatoms. The fourth-order valence-corrected chi connectivity index (χ4v) is 2.43. The molecule has 0 bridgehead atoms. The van der Waals surface area contributed by atoms with Crippen LogP contribution in [-0.4, -0.2) is 37.5 Å². The third kappa shape index (κ3) is 15.3. The zero-order valence-electron chi connectivity index (χ0n) is 22.2. The molecule has 0 radical (unpaired) electrons. The molecule has 0 spiro atoms. The van der Waals surface area contributed by atoms with E-state index >= 15 is 0 Å². The lowest BCUT2D eigenvalue weighted by molar-refractivity contribution is -0.145. The number of nitrogens with one attached hydrogen (secondary N) is 2. The van der Waals surface area contributed by atoms with Crippen molar-refractivity contribution < 1.29 is 19.1 Å². The second-order valence-electron chi connectivity index (χ2n) is 7.28. The van der Waals surface area contributed by atoms with Crippen molar-refractivity contribution in [3.63, 3.8) is 0 Å². The van der Waals surface area contributed by atoms with Gasteiger partial charge in [0.25, 0.3) is 0 Å². The van der Waals surface area contributed by atoms with E-state index in [1.54, 1.807) is 31.2 Å². The van der Waals surface area contributed by atoms with Gasteiger partial charge in [0.2, 0.25) is 11.8 Å². The third-order valence-electron chi connectivity index (χ3n) is 4.13. The van der Waals surface area contributed by atoms with Crippen LogP contribution in [0.15, 0.2) is 60.7 Å². The molecule has 0 fully saturated rings. The van der Waals surface area contributed by atoms with Gasteiger partial charge in [-0.2, -0.15) is 0 Å². The van der Waals surface area contributed by atoms with Crippen molar-refractivity contribution in [3.05, 3.63) is 71.8 Å². The standard InChI is InChI=1S/C11H14N2O3.C11H16N2O.C3H8.C2H6/c1-16-11(15)10(13-9(14)7-12)8-5-3-2-4-6-8;1-8(12)11(14)13-9(2)10-6-4-3-5-7-10;1-3-2;1-2/h2-6,10H,7,12H2,1H3,(H,13,14);3-9H,12H2,1-2H3,(H,13,14);3H2,1-2H3;1-2H3/t;8-,9?;;/m.1../s1. The molecular formula is C27H44N4O4. The van der Waals surface area contributed by atoms with E-state index in [0.29, 0.717) is 5.56 Å². The number of hydrogen-bond acceptors (Lipinski definition) is 6. The number of ether oxygens (including phenoxy) is 1. The molecule has 35 heavy (non-hydrogen) atoms. The van der Waals surface area contributed by atoms with Gasteiger partial charge in [0.15, 0.2) is 6.04 Å². The maximum Gasteiger partial charge on any atom is 0.333 e. The lowest BCUT2D eigenvalue weighted by Crippen LogP contribution is -2.39. The molecule has 0 saturated heterocycles. The second kappa shape index (κ2) is 21.3. The van der Waals surface area contributed by atoms with Crippen LogP contribution >= 0.6 is 0 Å². The van der Waals surface area contributed by atoms with Crippen molar-refractivity contribution in [2.24, 2.45) is 11.5 Å². The van der Waals surface area contributed by atoms with Gasteiger partial charge < -0.3 is 26.8 Å². The minimum absolute atomic E-state index is 0.00898. The largest absolute Gasteiger partial charge is 0.467 e. The van der Waals surface area contributed by atoms with E-state index in [0.717, 1.165) is 5.56 Å². The maximum atomic E-state index is 11.5. The molecule has 0 aliphatic heterocycles. The second-order valence-corrected chi connectivity index (χ2v) is 7.28. The van der Waals surface area contributed by atoms with Gasteiger partial charge in [0.1, 0.15) is 0 Å². The highest BCUT2D eigenvalue weighted by atomic mass is 16.5. The van der Waals surface area contributed by atoms with Crippen molar-refractivity contribution in [1.29, 1.82) is 0 Å². The Balaban J connectivity index is 0. The monoisotopic (exact) mass is 488 g/mol. The molecule has 196 valence electrons. The Labute approximate surface area is 210 Å². The summed E-state index contributed by atoms with van der Waals surface area (Å²) in [4.78, 5) is 33.9. The number of hydrogen-bond donors (Lipinski definition) is 4. The Morgan fingerprint density at radius 3 is 1.66 bits per heavy atom. The van der Waals surface area contributed by atoms with Gasteiger partial charge in [-0.15, -0.1) is 0 Å². The van der Waals surface area contributed by atoms with Crippen LogP contribution in [0.4, 0.5) is 0 Å². The molecule has 2 aromatic rings. The summed E-state index contributed by atoms with van der Waals surface area (Å²) in [6, 6.07) is 17.4. The smallest absolute Gasteiger partial charge is 0.333 e. The molecule has 0 aliphatic rings. The fraction of sp³-hybridized carbons (Fsp3) is 0.444. The molecule has 0 saturated carbocycles. The first kappa shape index (κ1) is 33.9. The molecule has 0 heterocycles. The normalized spacial score (nSPS) is 11.8. The van der Waals surface area contributed by atoms with Crippen LogP contribution in [-0.2, 0) is 19.1 Å². The number of amides is 2. The van der Waals surface area contributed by atoms with Crippen molar-refractivity contribution in [1.82, 2.24) is 10.6 Å². The topological polar surface area (TPSA) is 137 Å². The van der Waals surface area contributed by atoms with E-state index in [4.69, 9.17) is 11.5 Å². The van der Waals surface area contributed by atoms with Gasteiger partial charge >= 0.3 is 5.97 Å². The SMILES string of the molecule is CC.CC(NC(=O)[C@@H](C)N)c1ccccc1.CCC.COC(=O)C(NC(=O)CN)c1ccccc1. The first-order valence-corrected chi connectivity index (χ1v) is 11.9. The predicted molar refractivity (Wildman–Crippen MR) is 142 cm³/mol. The van der Waals surface area contributed by atoms with Gasteiger partial charge in [0.05, 0.1) is 25.7 Å². The highest BCUT2D eigenvalue weighted by Gasteiger charge is 2.22. The fourth-order valence-electron chi connectivity index (χ4n) is 2.43. The Bertz CT molecular complexity index is 814. The zero-order valence-corrected chi connectivity index (χ0v) is 22.2. The lowest BCUT2D eigenvalue weighted by Gasteiger charge is -2.16. The average molecular weight is 489 g/mol. The number of nitrogens with two attached hydrogens (primary N) is 2. The average Bonchev–Trinajstić information content (AvgIpc) is 2.89. The first-order chi connectivity index (χ1) is 16.7. The highest BCUT2D eigenvalue weighted by molar-refractivity contribution is 5.86. The summed E-state index contributed by atoms with van der Waals surface area (Å²) in [5.41, 5.74) is 12.4. The lowest BCUT2D eigenvalue weighted by atomic mass is 10.1. The first-order valence-electron chi connectivity index (χ1n) is 11.9. The van der Waals surface area contributed by atoms with Gasteiger partial charge in [-0.05, 0) is 25.0 Å². The summed E-state index contributed by atoms with van der Waals surface area (Å²) >= 11 is 0. The maximum absolute atomic E-state index is 11.5. The van der Waals surface area contributed by atoms with Gasteiger partial charge in [-0.25, -0.2) is 4.79 Å². The number of carbonyl (C=O) groups is 3. The van der Waals surface area contributed by atoms with Crippen molar-refractivity contribution in [2.75, 3.05) is 13.7 Å². The quantitative estimate of drug-likeness (QED) is 0.439. The van der Waals surface area contributed by atoms with Crippen LogP contribution < -0.4 is 22.1 Å². The number of methoxy groups -OCH3 is 1. The van der Waals surface area contributed by atoms with E-state index in [2.05, 4.69) is 29.2 Å². The zero-order chi connectivity index (χ0) is 27.2. The number of carbonyl (C=O) groups excluding carboxylic acids is 3. The molecule has 8 nitrogen and oxygen atoms in total. The number of benzene rings is 2. The molecule has 0 aliphatic carbocycles. The third-order valence-corrected chi connectivity index (χ3v) is 4.13. The number of esters is 1. The highest BCUT2D eigenvalue weighted by Crippen LogP contribution is 2.13. The van der Waals surface area contributed by atoms with Gasteiger partial charge in [-0.3, -0.25) is 9.59 Å². The summed E-state index contributed by atoms with van der Waals surface area (Å²) in [7, 11) is 1.27. The van der Waals surface area contributed by atoms with Crippen LogP contribution in [0.1, 0.15) is 71.2 Å². The summed E-state index contributed by atoms with van der Waals surface area (Å²) in [5.74, 6) is -1.05. The van der Waals surface area contributed by atoms with E-state index in [-0.39, 0.29) is 18.5 Å². The van der Waals surface area contributed by atoms with E-state index in [1.807, 2.05) is 57.2 Å². The van der Waals surface area contributed by atoms with Gasteiger partial charge in [0, 0.05) is 0 Å². The Hall–Kier alpha value is -3.23. The van der Waals surface area contributed by atoms with Crippen LogP contribution in [0.2, 0.25) is 0 Å². The Morgan fingerprint density at radius 1 is 0.857 bits per heavy atom. The van der Waals surface area contributed by atoms with Crippen molar-refractivity contribution in [2.45, 2.75) is 66.1 Å². The number of rotatable bonds is 7. The van der Waals surface area contributed by atoms with Gasteiger partial charge in [-0.1, -0.05) is 94.8 Å². The molecule has 2 unspecified atom stereocenters. The molecule has 0 aromatic heterocycles. The summed E-state index contributed by atoms with van der Waals surface area (Å²) in [6.45, 7) is 11.7. The predicted octanol–water partition coefficient (Wildman–Crippen LogP) is 3.63. The molecule has 2 aromatic carbocycles. The molecular weight excluding hydrogens is 444 g/mol. The van der Waals surface area contributed by atoms with Crippen molar-refractivity contribution >= 4 is 17.8 Å². The molecule has 2 rings (SSSR count). The van der Waals surface area contributed by atoms with E-state index < -0.39 is 24.0 Å². The van der Waals surface area contributed by atoms with E-state index in [1.165, 1.54) is 13.5 Å². The molecule has 2 amide bonds. The molecule has 6 N–H and O–H groups in total. The van der Waals surface area contributed by atoms with Crippen LogP contribution in [0.5, 0.6) is 0 Å². The minimum atomic E-state index is -0.803. The summed E-state index contributed by atoms with van der Waals surface area (Å²) in [5, 5.41) is 5.33. The minimum Gasteiger partial charge on any atom is -0.467 e.